The zero-order valence-electron chi connectivity index (χ0n) is 8.76. The Bertz CT molecular complexity index is 319. The quantitative estimate of drug-likeness (QED) is 0.778. The van der Waals surface area contributed by atoms with E-state index in [0.717, 1.165) is 23.7 Å². The van der Waals surface area contributed by atoms with Crippen molar-refractivity contribution in [3.63, 3.8) is 0 Å². The van der Waals surface area contributed by atoms with E-state index in [1.807, 2.05) is 4.90 Å². The number of rotatable bonds is 3. The van der Waals surface area contributed by atoms with Crippen LogP contribution in [0.25, 0.3) is 0 Å². The molecule has 2 rings (SSSR count). The molecule has 0 bridgehead atoms. The summed E-state index contributed by atoms with van der Waals surface area (Å²) in [7, 11) is 0. The molecule has 0 amide bonds. The van der Waals surface area contributed by atoms with Gasteiger partial charge in [-0.2, -0.15) is 0 Å². The van der Waals surface area contributed by atoms with Crippen molar-refractivity contribution in [1.29, 1.82) is 0 Å². The Labute approximate surface area is 93.2 Å². The topological polar surface area (TPSA) is 56.6 Å². The zero-order valence-corrected chi connectivity index (χ0v) is 9.57. The van der Waals surface area contributed by atoms with Crippen molar-refractivity contribution < 1.29 is 10.2 Å². The first-order chi connectivity index (χ1) is 7.19. The molecule has 0 saturated carbocycles. The summed E-state index contributed by atoms with van der Waals surface area (Å²) in [6.07, 6.45) is -0.237. The minimum atomic E-state index is -0.603. The fourth-order valence-electron chi connectivity index (χ4n) is 1.79. The predicted octanol–water partition coefficient (Wildman–Crippen LogP) is 0.243. The van der Waals surface area contributed by atoms with Gasteiger partial charge in [0.05, 0.1) is 22.9 Å². The van der Waals surface area contributed by atoms with Crippen LogP contribution in [-0.4, -0.2) is 45.4 Å². The van der Waals surface area contributed by atoms with Gasteiger partial charge in [0.15, 0.2) is 0 Å². The maximum Gasteiger partial charge on any atom is 0.0938 e. The molecule has 0 spiro atoms. The summed E-state index contributed by atoms with van der Waals surface area (Å²) in [6.45, 7) is 3.90. The van der Waals surface area contributed by atoms with E-state index < -0.39 is 12.2 Å². The van der Waals surface area contributed by atoms with Crippen LogP contribution >= 0.6 is 11.3 Å². The van der Waals surface area contributed by atoms with Crippen LogP contribution in [0.4, 0.5) is 0 Å². The number of thiazole rings is 1. The molecular formula is C10H16N2O2S. The summed E-state index contributed by atoms with van der Waals surface area (Å²) in [6, 6.07) is 0. The summed E-state index contributed by atoms with van der Waals surface area (Å²) in [5.74, 6) is 0. The van der Waals surface area contributed by atoms with Crippen LogP contribution < -0.4 is 0 Å². The minimum absolute atomic E-state index is 0.542. The predicted molar refractivity (Wildman–Crippen MR) is 58.8 cm³/mol. The summed E-state index contributed by atoms with van der Waals surface area (Å²) in [4.78, 5) is 6.49. The normalized spacial score (nSPS) is 27.4. The number of aryl methyl sites for hydroxylation is 1. The van der Waals surface area contributed by atoms with E-state index >= 15 is 0 Å². The van der Waals surface area contributed by atoms with Crippen LogP contribution in [0.3, 0.4) is 0 Å². The highest BCUT2D eigenvalue weighted by Gasteiger charge is 2.29. The third-order valence-electron chi connectivity index (χ3n) is 2.62. The van der Waals surface area contributed by atoms with Crippen molar-refractivity contribution in [3.05, 3.63) is 16.1 Å². The van der Waals surface area contributed by atoms with Gasteiger partial charge in [-0.25, -0.2) is 4.98 Å². The van der Waals surface area contributed by atoms with Gasteiger partial charge in [-0.05, 0) is 6.42 Å². The van der Waals surface area contributed by atoms with E-state index in [2.05, 4.69) is 17.3 Å². The molecule has 1 aliphatic heterocycles. The molecule has 2 N–H and O–H groups in total. The van der Waals surface area contributed by atoms with E-state index in [9.17, 15) is 10.2 Å². The second-order valence-electron chi connectivity index (χ2n) is 3.91. The Kier molecular flexibility index (Phi) is 3.35. The monoisotopic (exact) mass is 228 g/mol. The van der Waals surface area contributed by atoms with Crippen molar-refractivity contribution in [3.8, 4) is 0 Å². The molecule has 0 aromatic carbocycles. The third-order valence-corrected chi connectivity index (χ3v) is 3.66. The number of hydrogen-bond donors (Lipinski definition) is 2. The number of β-amino-alcohol motifs (C(OH)–C–C–N with tert-alkyl or cyclic N) is 2. The number of aliphatic hydroxyl groups excluding tert-OH is 2. The molecule has 2 heterocycles. The van der Waals surface area contributed by atoms with Crippen LogP contribution in [0.5, 0.6) is 0 Å². The van der Waals surface area contributed by atoms with Gasteiger partial charge in [0.1, 0.15) is 0 Å². The van der Waals surface area contributed by atoms with Gasteiger partial charge < -0.3 is 10.2 Å². The molecule has 1 aliphatic rings. The van der Waals surface area contributed by atoms with Crippen molar-refractivity contribution in [2.24, 2.45) is 0 Å². The van der Waals surface area contributed by atoms with Gasteiger partial charge in [0.2, 0.25) is 0 Å². The van der Waals surface area contributed by atoms with Crippen LogP contribution in [-0.2, 0) is 13.0 Å². The Morgan fingerprint density at radius 2 is 2.13 bits per heavy atom. The van der Waals surface area contributed by atoms with E-state index in [4.69, 9.17) is 0 Å². The lowest BCUT2D eigenvalue weighted by atomic mass is 10.3. The van der Waals surface area contributed by atoms with Crippen LogP contribution in [0.1, 0.15) is 17.6 Å². The molecule has 5 heteroatoms. The highest BCUT2D eigenvalue weighted by Crippen LogP contribution is 2.16. The molecule has 1 aromatic rings. The van der Waals surface area contributed by atoms with Gasteiger partial charge in [0.25, 0.3) is 0 Å². The van der Waals surface area contributed by atoms with E-state index in [1.54, 1.807) is 11.3 Å². The van der Waals surface area contributed by atoms with Crippen molar-refractivity contribution in [2.45, 2.75) is 32.1 Å². The molecule has 1 saturated heterocycles. The number of aliphatic hydroxyl groups is 2. The van der Waals surface area contributed by atoms with Crippen LogP contribution in [0.15, 0.2) is 5.38 Å². The molecule has 1 aromatic heterocycles. The number of aromatic nitrogens is 1. The van der Waals surface area contributed by atoms with Crippen LogP contribution in [0.2, 0.25) is 0 Å². The van der Waals surface area contributed by atoms with Gasteiger partial charge >= 0.3 is 0 Å². The van der Waals surface area contributed by atoms with Gasteiger partial charge in [-0.15, -0.1) is 11.3 Å². The second-order valence-corrected chi connectivity index (χ2v) is 4.86. The molecular weight excluding hydrogens is 212 g/mol. The maximum absolute atomic E-state index is 9.39. The molecule has 4 nitrogen and oxygen atoms in total. The first-order valence-corrected chi connectivity index (χ1v) is 6.08. The lowest BCUT2D eigenvalue weighted by Gasteiger charge is -2.12. The molecule has 0 aliphatic carbocycles. The zero-order chi connectivity index (χ0) is 10.8. The van der Waals surface area contributed by atoms with Crippen molar-refractivity contribution in [2.75, 3.05) is 13.1 Å². The average Bonchev–Trinajstić information content (AvgIpc) is 2.76. The lowest BCUT2D eigenvalue weighted by molar-refractivity contribution is 0.0572. The van der Waals surface area contributed by atoms with Crippen molar-refractivity contribution >= 4 is 11.3 Å². The Hall–Kier alpha value is -0.490. The third kappa shape index (κ3) is 2.55. The number of nitrogens with zero attached hydrogens (tertiary/aromatic N) is 2. The highest BCUT2D eigenvalue weighted by atomic mass is 32.1. The summed E-state index contributed by atoms with van der Waals surface area (Å²) < 4.78 is 0. The van der Waals surface area contributed by atoms with Gasteiger partial charge in [-0.1, -0.05) is 6.92 Å². The molecule has 0 radical (unpaired) electrons. The number of likely N-dealkylation sites (tertiary alicyclic amines) is 1. The SMILES string of the molecule is CCc1nc(CN2C[C@@H](O)[C@@H](O)C2)cs1. The number of hydrogen-bond acceptors (Lipinski definition) is 5. The van der Waals surface area contributed by atoms with Crippen molar-refractivity contribution in [1.82, 2.24) is 9.88 Å². The highest BCUT2D eigenvalue weighted by molar-refractivity contribution is 7.09. The average molecular weight is 228 g/mol. The summed E-state index contributed by atoms with van der Waals surface area (Å²) in [5, 5.41) is 22.0. The fourth-order valence-corrected chi connectivity index (χ4v) is 2.53. The first-order valence-electron chi connectivity index (χ1n) is 5.20. The smallest absolute Gasteiger partial charge is 0.0938 e. The first kappa shape index (κ1) is 11.0. The summed E-state index contributed by atoms with van der Waals surface area (Å²) in [5.41, 5.74) is 1.04. The van der Waals surface area contributed by atoms with E-state index in [1.165, 1.54) is 0 Å². The molecule has 1 fully saturated rings. The summed E-state index contributed by atoms with van der Waals surface area (Å²) >= 11 is 1.67. The Morgan fingerprint density at radius 1 is 1.47 bits per heavy atom. The van der Waals surface area contributed by atoms with Gasteiger partial charge in [0, 0.05) is 25.0 Å². The largest absolute Gasteiger partial charge is 0.389 e. The fraction of sp³-hybridized carbons (Fsp3) is 0.700. The minimum Gasteiger partial charge on any atom is -0.389 e. The van der Waals surface area contributed by atoms with E-state index in [0.29, 0.717) is 13.1 Å². The molecule has 2 atom stereocenters. The second kappa shape index (κ2) is 4.57. The van der Waals surface area contributed by atoms with Gasteiger partial charge in [-0.3, -0.25) is 4.90 Å². The molecule has 0 unspecified atom stereocenters. The Balaban J connectivity index is 1.92. The molecule has 15 heavy (non-hydrogen) atoms. The molecule has 84 valence electrons. The Morgan fingerprint density at radius 3 is 2.67 bits per heavy atom. The standard InChI is InChI=1S/C10H16N2O2S/c1-2-10-11-7(6-15-10)3-12-4-8(13)9(14)5-12/h6,8-9,13-14H,2-5H2,1H3/t8-,9+. The van der Waals surface area contributed by atoms with E-state index in [-0.39, 0.29) is 0 Å². The van der Waals surface area contributed by atoms with Crippen LogP contribution in [0, 0.1) is 0 Å². The maximum atomic E-state index is 9.39. The lowest BCUT2D eigenvalue weighted by Crippen LogP contribution is -2.22.